The summed E-state index contributed by atoms with van der Waals surface area (Å²) in [5, 5.41) is 5.96. The Morgan fingerprint density at radius 2 is 2.07 bits per heavy atom. The Labute approximate surface area is 188 Å². The molecule has 0 aromatic heterocycles. The number of nitrogens with two attached hydrogens (primary N) is 1. The average molecular weight is 510 g/mol. The molecule has 1 saturated heterocycles. The summed E-state index contributed by atoms with van der Waals surface area (Å²) >= 11 is 0. The first-order valence-corrected chi connectivity index (χ1v) is 9.34. The number of hydrogen-bond donors (Lipinski definition) is 3. The fraction of sp³-hybridized carbons (Fsp3) is 0.333. The number of benzene rings is 2. The molecule has 2 aromatic carbocycles. The summed E-state index contributed by atoms with van der Waals surface area (Å²) in [6.07, 6.45) is 2.18. The second kappa shape index (κ2) is 11.6. The van der Waals surface area contributed by atoms with Gasteiger partial charge in [-0.25, -0.2) is 4.99 Å². The molecule has 1 atom stereocenters. The number of aliphatic imine (C=N–C) groups is 1. The van der Waals surface area contributed by atoms with Crippen molar-refractivity contribution in [2.75, 3.05) is 25.6 Å². The van der Waals surface area contributed by atoms with Gasteiger partial charge >= 0.3 is 0 Å². The Morgan fingerprint density at radius 3 is 2.76 bits per heavy atom. The van der Waals surface area contributed by atoms with Crippen LogP contribution >= 0.6 is 24.0 Å². The molecule has 0 radical (unpaired) electrons. The lowest BCUT2D eigenvalue weighted by Gasteiger charge is -2.11. The van der Waals surface area contributed by atoms with Crippen molar-refractivity contribution in [3.05, 3.63) is 59.7 Å². The maximum atomic E-state index is 12.3. The number of hydrogen-bond acceptors (Lipinski definition) is 4. The number of halogens is 1. The van der Waals surface area contributed by atoms with Crippen LogP contribution in [-0.2, 0) is 11.3 Å². The minimum absolute atomic E-state index is 0. The van der Waals surface area contributed by atoms with E-state index in [2.05, 4.69) is 15.6 Å². The van der Waals surface area contributed by atoms with Crippen LogP contribution in [0.25, 0.3) is 0 Å². The molecule has 1 unspecified atom stereocenters. The highest BCUT2D eigenvalue weighted by Crippen LogP contribution is 2.15. The van der Waals surface area contributed by atoms with Crippen molar-refractivity contribution < 1.29 is 14.3 Å². The topological polar surface area (TPSA) is 98.0 Å². The predicted molar refractivity (Wildman–Crippen MR) is 125 cm³/mol. The number of amides is 1. The van der Waals surface area contributed by atoms with Crippen molar-refractivity contribution in [1.29, 1.82) is 0 Å². The molecule has 0 bridgehead atoms. The van der Waals surface area contributed by atoms with Gasteiger partial charge in [-0.05, 0) is 54.8 Å². The number of ether oxygens (including phenoxy) is 2. The van der Waals surface area contributed by atoms with Crippen LogP contribution in [0.4, 0.5) is 5.69 Å². The lowest BCUT2D eigenvalue weighted by molar-refractivity contribution is 0.0857. The van der Waals surface area contributed by atoms with Crippen molar-refractivity contribution >= 4 is 41.5 Å². The van der Waals surface area contributed by atoms with E-state index in [9.17, 15) is 4.79 Å². The van der Waals surface area contributed by atoms with Gasteiger partial charge in [0.1, 0.15) is 5.75 Å². The summed E-state index contributed by atoms with van der Waals surface area (Å²) in [4.78, 5) is 16.7. The van der Waals surface area contributed by atoms with Crippen molar-refractivity contribution in [3.8, 4) is 5.75 Å². The van der Waals surface area contributed by atoms with Crippen LogP contribution in [-0.4, -0.2) is 38.2 Å². The Morgan fingerprint density at radius 1 is 1.28 bits per heavy atom. The molecule has 3 rings (SSSR count). The molecule has 2 aromatic rings. The number of nitrogens with one attached hydrogen (secondary N) is 2. The fourth-order valence-corrected chi connectivity index (χ4v) is 2.96. The van der Waals surface area contributed by atoms with Gasteiger partial charge in [0.2, 0.25) is 0 Å². The molecule has 0 spiro atoms. The van der Waals surface area contributed by atoms with Crippen LogP contribution < -0.4 is 21.1 Å². The monoisotopic (exact) mass is 510 g/mol. The molecule has 8 heteroatoms. The standard InChI is InChI=1S/C21H26N4O3.HI/c1-27-18-9-7-17(8-10-18)25-21(22)24-13-15-4-2-5-16(12-15)20(26)23-14-19-6-3-11-28-19;/h2,4-5,7-10,12,19H,3,6,11,13-14H2,1H3,(H,23,26)(H3,22,24,25);1H. The van der Waals surface area contributed by atoms with Gasteiger partial charge in [-0.2, -0.15) is 0 Å². The van der Waals surface area contributed by atoms with Gasteiger partial charge in [-0.3, -0.25) is 4.79 Å². The maximum Gasteiger partial charge on any atom is 0.251 e. The molecule has 156 valence electrons. The van der Waals surface area contributed by atoms with Gasteiger partial charge < -0.3 is 25.8 Å². The SMILES string of the molecule is COc1ccc(NC(N)=NCc2cccc(C(=O)NCC3CCCO3)c2)cc1.I. The second-order valence-corrected chi connectivity index (χ2v) is 6.60. The third-order valence-corrected chi connectivity index (χ3v) is 4.50. The van der Waals surface area contributed by atoms with E-state index in [1.54, 1.807) is 13.2 Å². The van der Waals surface area contributed by atoms with Crippen LogP contribution in [0.2, 0.25) is 0 Å². The number of guanidine groups is 1. The number of methoxy groups -OCH3 is 1. The van der Waals surface area contributed by atoms with Crippen LogP contribution in [0.3, 0.4) is 0 Å². The number of carbonyl (C=O) groups excluding carboxylic acids is 1. The number of carbonyl (C=O) groups is 1. The van der Waals surface area contributed by atoms with E-state index < -0.39 is 0 Å². The molecule has 29 heavy (non-hydrogen) atoms. The van der Waals surface area contributed by atoms with Crippen LogP contribution in [0, 0.1) is 0 Å². The van der Waals surface area contributed by atoms with Gasteiger partial charge in [-0.1, -0.05) is 12.1 Å². The predicted octanol–water partition coefficient (Wildman–Crippen LogP) is 3.15. The summed E-state index contributed by atoms with van der Waals surface area (Å²) in [5.74, 6) is 0.972. The van der Waals surface area contributed by atoms with E-state index in [4.69, 9.17) is 15.2 Å². The zero-order valence-corrected chi connectivity index (χ0v) is 18.7. The molecule has 1 fully saturated rings. The first-order chi connectivity index (χ1) is 13.6. The second-order valence-electron chi connectivity index (χ2n) is 6.60. The van der Waals surface area contributed by atoms with Gasteiger partial charge in [0.05, 0.1) is 19.8 Å². The minimum Gasteiger partial charge on any atom is -0.497 e. The molecule has 1 amide bonds. The highest BCUT2D eigenvalue weighted by atomic mass is 127. The molecular weight excluding hydrogens is 483 g/mol. The zero-order chi connectivity index (χ0) is 19.8. The zero-order valence-electron chi connectivity index (χ0n) is 16.4. The summed E-state index contributed by atoms with van der Waals surface area (Å²) < 4.78 is 10.7. The van der Waals surface area contributed by atoms with Crippen molar-refractivity contribution in [2.45, 2.75) is 25.5 Å². The first-order valence-electron chi connectivity index (χ1n) is 9.34. The molecular formula is C21H27IN4O3. The first kappa shape index (κ1) is 23.0. The van der Waals surface area contributed by atoms with Gasteiger partial charge in [-0.15, -0.1) is 24.0 Å². The van der Waals surface area contributed by atoms with Crippen molar-refractivity contribution in [2.24, 2.45) is 10.7 Å². The van der Waals surface area contributed by atoms with Crippen LogP contribution in [0.5, 0.6) is 5.75 Å². The van der Waals surface area contributed by atoms with E-state index in [0.717, 1.165) is 36.4 Å². The lowest BCUT2D eigenvalue weighted by Crippen LogP contribution is -2.31. The molecule has 7 nitrogen and oxygen atoms in total. The largest absolute Gasteiger partial charge is 0.497 e. The van der Waals surface area contributed by atoms with E-state index in [0.29, 0.717) is 24.6 Å². The van der Waals surface area contributed by atoms with Crippen LogP contribution in [0.15, 0.2) is 53.5 Å². The molecule has 1 aliphatic rings. The smallest absolute Gasteiger partial charge is 0.251 e. The third-order valence-electron chi connectivity index (χ3n) is 4.50. The van der Waals surface area contributed by atoms with Crippen LogP contribution in [0.1, 0.15) is 28.8 Å². The van der Waals surface area contributed by atoms with E-state index in [-0.39, 0.29) is 36.0 Å². The van der Waals surface area contributed by atoms with Gasteiger partial charge in [0.25, 0.3) is 5.91 Å². The normalized spacial score (nSPS) is 16.0. The number of anilines is 1. The van der Waals surface area contributed by atoms with Crippen molar-refractivity contribution in [3.63, 3.8) is 0 Å². The lowest BCUT2D eigenvalue weighted by atomic mass is 10.1. The molecule has 4 N–H and O–H groups in total. The van der Waals surface area contributed by atoms with E-state index >= 15 is 0 Å². The summed E-state index contributed by atoms with van der Waals surface area (Å²) in [6.45, 7) is 1.70. The number of rotatable bonds is 7. The van der Waals surface area contributed by atoms with E-state index in [1.807, 2.05) is 42.5 Å². The Hall–Kier alpha value is -2.33. The van der Waals surface area contributed by atoms with Gasteiger partial charge in [0, 0.05) is 24.4 Å². The summed E-state index contributed by atoms with van der Waals surface area (Å²) in [5.41, 5.74) is 8.29. The Kier molecular flexibility index (Phi) is 9.20. The average Bonchev–Trinajstić information content (AvgIpc) is 3.25. The Balaban J connectivity index is 0.00000300. The third kappa shape index (κ3) is 7.21. The quantitative estimate of drug-likeness (QED) is 0.302. The highest BCUT2D eigenvalue weighted by molar-refractivity contribution is 14.0. The summed E-state index contributed by atoms with van der Waals surface area (Å²) in [7, 11) is 1.62. The Bertz CT molecular complexity index is 821. The minimum atomic E-state index is -0.106. The molecule has 1 heterocycles. The van der Waals surface area contributed by atoms with E-state index in [1.165, 1.54) is 0 Å². The molecule has 0 saturated carbocycles. The summed E-state index contributed by atoms with van der Waals surface area (Å²) in [6, 6.07) is 14.8. The molecule has 1 aliphatic heterocycles. The maximum absolute atomic E-state index is 12.3. The van der Waals surface area contributed by atoms with Gasteiger partial charge in [0.15, 0.2) is 5.96 Å². The fourth-order valence-electron chi connectivity index (χ4n) is 2.96. The molecule has 0 aliphatic carbocycles. The highest BCUT2D eigenvalue weighted by Gasteiger charge is 2.16. The number of nitrogens with zero attached hydrogens (tertiary/aromatic N) is 1. The van der Waals surface area contributed by atoms with Crippen molar-refractivity contribution in [1.82, 2.24) is 5.32 Å².